The summed E-state index contributed by atoms with van der Waals surface area (Å²) in [6, 6.07) is 7.51. The summed E-state index contributed by atoms with van der Waals surface area (Å²) >= 11 is 0. The summed E-state index contributed by atoms with van der Waals surface area (Å²) in [5, 5.41) is 4.02. The van der Waals surface area contributed by atoms with Gasteiger partial charge in [0.15, 0.2) is 23.9 Å². The van der Waals surface area contributed by atoms with Gasteiger partial charge in [0.05, 0.1) is 12.1 Å². The van der Waals surface area contributed by atoms with Crippen molar-refractivity contribution in [3.05, 3.63) is 36.0 Å². The number of nitrogens with zero attached hydrogens (tertiary/aromatic N) is 2. The number of hydrogen-bond donors (Lipinski definition) is 1. The van der Waals surface area contributed by atoms with Crippen molar-refractivity contribution in [1.29, 1.82) is 0 Å². The molecule has 2 N–H and O–H groups in total. The SMILES string of the molecule is CCOc1ccccc1OCc1nc(C2(N)CCCC2)no1. The third kappa shape index (κ3) is 3.06. The maximum absolute atomic E-state index is 6.32. The van der Waals surface area contributed by atoms with E-state index < -0.39 is 5.54 Å². The van der Waals surface area contributed by atoms with Crippen molar-refractivity contribution in [2.24, 2.45) is 5.73 Å². The lowest BCUT2D eigenvalue weighted by Gasteiger charge is -2.17. The average Bonchev–Trinajstić information content (AvgIpc) is 3.17. The fraction of sp³-hybridized carbons (Fsp3) is 0.500. The fourth-order valence-corrected chi connectivity index (χ4v) is 2.73. The molecule has 0 amide bonds. The number of ether oxygens (including phenoxy) is 2. The Bertz CT molecular complexity index is 621. The molecule has 0 aliphatic heterocycles. The lowest BCUT2D eigenvalue weighted by atomic mass is 9.99. The molecule has 0 radical (unpaired) electrons. The maximum atomic E-state index is 6.32. The van der Waals surface area contributed by atoms with E-state index >= 15 is 0 Å². The smallest absolute Gasteiger partial charge is 0.264 e. The minimum atomic E-state index is -0.440. The van der Waals surface area contributed by atoms with Crippen LogP contribution in [0.2, 0.25) is 0 Å². The third-order valence-electron chi connectivity index (χ3n) is 3.91. The van der Waals surface area contributed by atoms with Crippen molar-refractivity contribution >= 4 is 0 Å². The van der Waals surface area contributed by atoms with Crippen molar-refractivity contribution in [3.8, 4) is 11.5 Å². The highest BCUT2D eigenvalue weighted by Crippen LogP contribution is 2.34. The summed E-state index contributed by atoms with van der Waals surface area (Å²) in [5.74, 6) is 2.38. The first-order valence-electron chi connectivity index (χ1n) is 7.68. The van der Waals surface area contributed by atoms with Crippen LogP contribution in [0.15, 0.2) is 28.8 Å². The van der Waals surface area contributed by atoms with Crippen LogP contribution in [-0.2, 0) is 12.1 Å². The molecule has 1 aliphatic carbocycles. The molecule has 6 heteroatoms. The Morgan fingerprint density at radius 3 is 2.55 bits per heavy atom. The molecule has 2 aromatic rings. The Balaban J connectivity index is 1.66. The number of nitrogens with two attached hydrogens (primary N) is 1. The van der Waals surface area contributed by atoms with Crippen LogP contribution in [0.4, 0.5) is 0 Å². The molecule has 1 heterocycles. The van der Waals surface area contributed by atoms with Crippen LogP contribution in [0.25, 0.3) is 0 Å². The Kier molecular flexibility index (Phi) is 4.29. The first kappa shape index (κ1) is 14.8. The lowest BCUT2D eigenvalue weighted by molar-refractivity contribution is 0.227. The van der Waals surface area contributed by atoms with E-state index in [0.717, 1.165) is 25.7 Å². The quantitative estimate of drug-likeness (QED) is 0.883. The van der Waals surface area contributed by atoms with Crippen LogP contribution in [-0.4, -0.2) is 16.7 Å². The Morgan fingerprint density at radius 1 is 1.18 bits per heavy atom. The van der Waals surface area contributed by atoms with Crippen molar-refractivity contribution in [2.45, 2.75) is 44.8 Å². The molecule has 1 fully saturated rings. The molecule has 1 aliphatic rings. The molecule has 0 unspecified atom stereocenters. The highest BCUT2D eigenvalue weighted by Gasteiger charge is 2.35. The zero-order valence-corrected chi connectivity index (χ0v) is 12.7. The van der Waals surface area contributed by atoms with Gasteiger partial charge in [0.25, 0.3) is 5.89 Å². The second-order valence-corrected chi connectivity index (χ2v) is 5.54. The van der Waals surface area contributed by atoms with Gasteiger partial charge in [-0.25, -0.2) is 0 Å². The molecule has 1 aromatic carbocycles. The van der Waals surface area contributed by atoms with E-state index in [1.54, 1.807) is 0 Å². The molecule has 22 heavy (non-hydrogen) atoms. The number of para-hydroxylation sites is 2. The third-order valence-corrected chi connectivity index (χ3v) is 3.91. The molecule has 0 bridgehead atoms. The van der Waals surface area contributed by atoms with Crippen molar-refractivity contribution in [1.82, 2.24) is 10.1 Å². The second kappa shape index (κ2) is 6.36. The first-order valence-corrected chi connectivity index (χ1v) is 7.68. The van der Waals surface area contributed by atoms with E-state index in [9.17, 15) is 0 Å². The summed E-state index contributed by atoms with van der Waals surface area (Å²) in [6.45, 7) is 2.72. The van der Waals surface area contributed by atoms with Crippen LogP contribution in [0, 0.1) is 0 Å². The number of benzene rings is 1. The predicted octanol–water partition coefficient (Wildman–Crippen LogP) is 2.78. The van der Waals surface area contributed by atoms with Gasteiger partial charge in [-0.15, -0.1) is 0 Å². The van der Waals surface area contributed by atoms with Gasteiger partial charge in [-0.2, -0.15) is 4.98 Å². The van der Waals surface area contributed by atoms with Crippen LogP contribution in [0.1, 0.15) is 44.3 Å². The van der Waals surface area contributed by atoms with Gasteiger partial charge in [0, 0.05) is 0 Å². The molecule has 0 atom stereocenters. The molecular formula is C16H21N3O3. The zero-order chi connectivity index (χ0) is 15.4. The molecule has 1 saturated carbocycles. The molecule has 6 nitrogen and oxygen atoms in total. The molecule has 118 valence electrons. The first-order chi connectivity index (χ1) is 10.7. The summed E-state index contributed by atoms with van der Waals surface area (Å²) in [4.78, 5) is 4.39. The summed E-state index contributed by atoms with van der Waals surface area (Å²) < 4.78 is 16.5. The topological polar surface area (TPSA) is 83.4 Å². The van der Waals surface area contributed by atoms with Gasteiger partial charge in [-0.3, -0.25) is 0 Å². The minimum absolute atomic E-state index is 0.202. The van der Waals surface area contributed by atoms with E-state index in [0.29, 0.717) is 29.8 Å². The van der Waals surface area contributed by atoms with E-state index in [-0.39, 0.29) is 6.61 Å². The standard InChI is InChI=1S/C16H21N3O3/c1-2-20-12-7-3-4-8-13(12)21-11-14-18-15(19-22-14)16(17)9-5-6-10-16/h3-4,7-8H,2,5-6,9-11,17H2,1H3. The monoisotopic (exact) mass is 303 g/mol. The molecule has 3 rings (SSSR count). The molecular weight excluding hydrogens is 282 g/mol. The number of aromatic nitrogens is 2. The van der Waals surface area contributed by atoms with E-state index in [4.69, 9.17) is 19.7 Å². The number of rotatable bonds is 6. The molecule has 0 saturated heterocycles. The van der Waals surface area contributed by atoms with E-state index in [1.165, 1.54) is 0 Å². The van der Waals surface area contributed by atoms with Gasteiger partial charge in [-0.1, -0.05) is 30.1 Å². The highest BCUT2D eigenvalue weighted by molar-refractivity contribution is 5.39. The predicted molar refractivity (Wildman–Crippen MR) is 80.6 cm³/mol. The van der Waals surface area contributed by atoms with E-state index in [1.807, 2.05) is 31.2 Å². The lowest BCUT2D eigenvalue weighted by Crippen LogP contribution is -2.34. The second-order valence-electron chi connectivity index (χ2n) is 5.54. The zero-order valence-electron chi connectivity index (χ0n) is 12.7. The summed E-state index contributed by atoms with van der Waals surface area (Å²) in [5.41, 5.74) is 5.88. The molecule has 1 aromatic heterocycles. The van der Waals surface area contributed by atoms with Gasteiger partial charge in [-0.05, 0) is 31.9 Å². The Morgan fingerprint density at radius 2 is 1.86 bits per heavy atom. The highest BCUT2D eigenvalue weighted by atomic mass is 16.5. The van der Waals surface area contributed by atoms with Crippen LogP contribution < -0.4 is 15.2 Å². The average molecular weight is 303 g/mol. The van der Waals surface area contributed by atoms with Crippen LogP contribution in [0.3, 0.4) is 0 Å². The summed E-state index contributed by atoms with van der Waals surface area (Å²) in [7, 11) is 0. The van der Waals surface area contributed by atoms with Crippen molar-refractivity contribution in [3.63, 3.8) is 0 Å². The van der Waals surface area contributed by atoms with Gasteiger partial charge >= 0.3 is 0 Å². The van der Waals surface area contributed by atoms with Gasteiger partial charge in [0.2, 0.25) is 0 Å². The fourth-order valence-electron chi connectivity index (χ4n) is 2.73. The minimum Gasteiger partial charge on any atom is -0.490 e. The Hall–Kier alpha value is -2.08. The largest absolute Gasteiger partial charge is 0.490 e. The normalized spacial score (nSPS) is 16.6. The van der Waals surface area contributed by atoms with E-state index in [2.05, 4.69) is 10.1 Å². The van der Waals surface area contributed by atoms with Crippen molar-refractivity contribution < 1.29 is 14.0 Å². The van der Waals surface area contributed by atoms with Crippen LogP contribution in [0.5, 0.6) is 11.5 Å². The molecule has 0 spiro atoms. The Labute approximate surface area is 129 Å². The number of hydrogen-bond acceptors (Lipinski definition) is 6. The van der Waals surface area contributed by atoms with Crippen molar-refractivity contribution in [2.75, 3.05) is 6.61 Å². The van der Waals surface area contributed by atoms with Gasteiger partial charge < -0.3 is 19.7 Å². The summed E-state index contributed by atoms with van der Waals surface area (Å²) in [6.07, 6.45) is 4.03. The van der Waals surface area contributed by atoms with Crippen LogP contribution >= 0.6 is 0 Å². The maximum Gasteiger partial charge on any atom is 0.264 e. The van der Waals surface area contributed by atoms with Gasteiger partial charge in [0.1, 0.15) is 0 Å².